The summed E-state index contributed by atoms with van der Waals surface area (Å²) in [6, 6.07) is 1.99. The lowest BCUT2D eigenvalue weighted by atomic mass is 10.2. The lowest BCUT2D eigenvalue weighted by Gasteiger charge is -2.30. The molecule has 5 heteroatoms. The maximum Gasteiger partial charge on any atom is 0.160 e. The third kappa shape index (κ3) is 3.34. The topological polar surface area (TPSA) is 46.6 Å². The Labute approximate surface area is 108 Å². The predicted molar refractivity (Wildman–Crippen MR) is 71.3 cm³/mol. The number of aromatic nitrogens is 1. The van der Waals surface area contributed by atoms with E-state index in [1.54, 1.807) is 13.3 Å². The fourth-order valence-corrected chi connectivity index (χ4v) is 2.06. The van der Waals surface area contributed by atoms with Gasteiger partial charge in [-0.3, -0.25) is 4.98 Å². The second-order valence-electron chi connectivity index (χ2n) is 4.66. The van der Waals surface area contributed by atoms with Crippen LogP contribution in [0.25, 0.3) is 0 Å². The van der Waals surface area contributed by atoms with Gasteiger partial charge >= 0.3 is 0 Å². The van der Waals surface area contributed by atoms with Crippen LogP contribution in [0.3, 0.4) is 0 Å². The number of nitrogens with zero attached hydrogens (tertiary/aromatic N) is 2. The van der Waals surface area contributed by atoms with Crippen molar-refractivity contribution in [2.75, 3.05) is 45.7 Å². The van der Waals surface area contributed by atoms with Crippen LogP contribution in [0.1, 0.15) is 5.69 Å². The van der Waals surface area contributed by atoms with Gasteiger partial charge in [0.05, 0.1) is 31.7 Å². The van der Waals surface area contributed by atoms with E-state index in [0.717, 1.165) is 43.4 Å². The zero-order chi connectivity index (χ0) is 13.0. The van der Waals surface area contributed by atoms with E-state index < -0.39 is 0 Å². The Morgan fingerprint density at radius 1 is 1.61 bits per heavy atom. The second-order valence-corrected chi connectivity index (χ2v) is 4.66. The highest BCUT2D eigenvalue weighted by atomic mass is 16.5. The summed E-state index contributed by atoms with van der Waals surface area (Å²) < 4.78 is 11.0. The van der Waals surface area contributed by atoms with E-state index >= 15 is 0 Å². The molecule has 0 saturated carbocycles. The third-order valence-electron chi connectivity index (χ3n) is 3.09. The van der Waals surface area contributed by atoms with Crippen molar-refractivity contribution in [3.63, 3.8) is 0 Å². The van der Waals surface area contributed by atoms with Gasteiger partial charge in [-0.2, -0.15) is 0 Å². The Morgan fingerprint density at radius 2 is 2.44 bits per heavy atom. The first-order valence-corrected chi connectivity index (χ1v) is 6.23. The summed E-state index contributed by atoms with van der Waals surface area (Å²) in [5.41, 5.74) is 1.95. The number of nitrogens with one attached hydrogen (secondary N) is 1. The summed E-state index contributed by atoms with van der Waals surface area (Å²) in [5, 5.41) is 3.38. The van der Waals surface area contributed by atoms with Crippen LogP contribution >= 0.6 is 0 Å². The number of ether oxygens (including phenoxy) is 2. The Hall–Kier alpha value is -1.33. The molecule has 1 unspecified atom stereocenters. The number of methoxy groups -OCH3 is 1. The number of likely N-dealkylation sites (N-methyl/N-ethyl adjacent to an activating group) is 1. The zero-order valence-corrected chi connectivity index (χ0v) is 11.3. The quantitative estimate of drug-likeness (QED) is 0.869. The van der Waals surface area contributed by atoms with Crippen molar-refractivity contribution >= 4 is 5.69 Å². The average Bonchev–Trinajstić information content (AvgIpc) is 2.37. The Bertz CT molecular complexity index is 398. The number of hydrogen-bond acceptors (Lipinski definition) is 5. The molecule has 0 amide bonds. The predicted octanol–water partition coefficient (Wildman–Crippen LogP) is 1.14. The highest BCUT2D eigenvalue weighted by Crippen LogP contribution is 2.23. The molecule has 2 rings (SSSR count). The van der Waals surface area contributed by atoms with Crippen molar-refractivity contribution in [3.05, 3.63) is 18.0 Å². The van der Waals surface area contributed by atoms with Gasteiger partial charge < -0.3 is 19.7 Å². The molecule has 0 radical (unpaired) electrons. The van der Waals surface area contributed by atoms with Gasteiger partial charge in [0.1, 0.15) is 0 Å². The van der Waals surface area contributed by atoms with Crippen molar-refractivity contribution < 1.29 is 9.47 Å². The molecule has 1 aromatic rings. The Kier molecular flexibility index (Phi) is 4.38. The van der Waals surface area contributed by atoms with Gasteiger partial charge in [0.25, 0.3) is 0 Å². The summed E-state index contributed by atoms with van der Waals surface area (Å²) >= 11 is 0. The smallest absolute Gasteiger partial charge is 0.160 e. The van der Waals surface area contributed by atoms with Gasteiger partial charge in [-0.1, -0.05) is 0 Å². The molecule has 0 spiro atoms. The number of rotatable bonds is 4. The second kappa shape index (κ2) is 6.02. The SMILES string of the molecule is COc1cnc(C)cc1NCC1CN(C)CCO1. The fraction of sp³-hybridized carbons (Fsp3) is 0.615. The van der Waals surface area contributed by atoms with Crippen molar-refractivity contribution in [2.24, 2.45) is 0 Å². The van der Waals surface area contributed by atoms with Crippen molar-refractivity contribution in [1.29, 1.82) is 0 Å². The van der Waals surface area contributed by atoms with Gasteiger partial charge in [-0.15, -0.1) is 0 Å². The largest absolute Gasteiger partial charge is 0.493 e. The molecular formula is C13H21N3O2. The molecule has 1 atom stereocenters. The van der Waals surface area contributed by atoms with Gasteiger partial charge in [0.2, 0.25) is 0 Å². The van der Waals surface area contributed by atoms with Crippen LogP contribution in [-0.2, 0) is 4.74 Å². The van der Waals surface area contributed by atoms with Crippen LogP contribution in [0.4, 0.5) is 5.69 Å². The van der Waals surface area contributed by atoms with Gasteiger partial charge in [-0.05, 0) is 20.0 Å². The summed E-state index contributed by atoms with van der Waals surface area (Å²) in [7, 11) is 3.77. The molecule has 1 N–H and O–H groups in total. The van der Waals surface area contributed by atoms with Crippen LogP contribution in [0.15, 0.2) is 12.3 Å². The molecule has 0 aliphatic carbocycles. The number of hydrogen-bond donors (Lipinski definition) is 1. The average molecular weight is 251 g/mol. The van der Waals surface area contributed by atoms with E-state index in [1.165, 1.54) is 0 Å². The molecule has 1 fully saturated rings. The summed E-state index contributed by atoms with van der Waals surface area (Å²) in [6.07, 6.45) is 1.97. The molecule has 0 bridgehead atoms. The standard InChI is InChI=1S/C13H21N3O2/c1-10-6-12(13(17-3)8-14-10)15-7-11-9-16(2)4-5-18-11/h6,8,11H,4-5,7,9H2,1-3H3,(H,14,15). The highest BCUT2D eigenvalue weighted by Gasteiger charge is 2.17. The minimum Gasteiger partial charge on any atom is -0.493 e. The zero-order valence-electron chi connectivity index (χ0n) is 11.3. The molecule has 0 aromatic carbocycles. The Morgan fingerprint density at radius 3 is 3.17 bits per heavy atom. The number of morpholine rings is 1. The monoisotopic (exact) mass is 251 g/mol. The minimum absolute atomic E-state index is 0.224. The third-order valence-corrected chi connectivity index (χ3v) is 3.09. The maximum absolute atomic E-state index is 5.71. The normalized spacial score (nSPS) is 20.7. The molecule has 5 nitrogen and oxygen atoms in total. The van der Waals surface area contributed by atoms with Gasteiger partial charge in [-0.25, -0.2) is 0 Å². The van der Waals surface area contributed by atoms with Crippen molar-refractivity contribution in [1.82, 2.24) is 9.88 Å². The molecule has 1 saturated heterocycles. The first-order chi connectivity index (χ1) is 8.69. The highest BCUT2D eigenvalue weighted by molar-refractivity contribution is 5.55. The first-order valence-electron chi connectivity index (χ1n) is 6.23. The first kappa shape index (κ1) is 13.1. The van der Waals surface area contributed by atoms with Crippen LogP contribution < -0.4 is 10.1 Å². The van der Waals surface area contributed by atoms with Gasteiger partial charge in [0, 0.05) is 25.3 Å². The van der Waals surface area contributed by atoms with Crippen LogP contribution in [0, 0.1) is 6.92 Å². The molecule has 100 valence electrons. The minimum atomic E-state index is 0.224. The van der Waals surface area contributed by atoms with E-state index in [9.17, 15) is 0 Å². The summed E-state index contributed by atoms with van der Waals surface area (Å²) in [5.74, 6) is 0.768. The van der Waals surface area contributed by atoms with E-state index in [2.05, 4.69) is 22.2 Å². The number of aryl methyl sites for hydroxylation is 1. The Balaban J connectivity index is 1.94. The molecular weight excluding hydrogens is 230 g/mol. The summed E-state index contributed by atoms with van der Waals surface area (Å²) in [4.78, 5) is 6.50. The summed E-state index contributed by atoms with van der Waals surface area (Å²) in [6.45, 7) is 5.52. The molecule has 1 aliphatic heterocycles. The molecule has 1 aromatic heterocycles. The number of anilines is 1. The van der Waals surface area contributed by atoms with Crippen LogP contribution in [0.2, 0.25) is 0 Å². The van der Waals surface area contributed by atoms with E-state index in [-0.39, 0.29) is 6.10 Å². The lowest BCUT2D eigenvalue weighted by molar-refractivity contribution is -0.0117. The molecule has 18 heavy (non-hydrogen) atoms. The number of pyridine rings is 1. The van der Waals surface area contributed by atoms with E-state index in [0.29, 0.717) is 0 Å². The fourth-order valence-electron chi connectivity index (χ4n) is 2.06. The van der Waals surface area contributed by atoms with Gasteiger partial charge in [0.15, 0.2) is 5.75 Å². The lowest BCUT2D eigenvalue weighted by Crippen LogP contribution is -2.43. The van der Waals surface area contributed by atoms with Crippen molar-refractivity contribution in [2.45, 2.75) is 13.0 Å². The van der Waals surface area contributed by atoms with E-state index in [4.69, 9.17) is 9.47 Å². The maximum atomic E-state index is 5.71. The molecule has 2 heterocycles. The van der Waals surface area contributed by atoms with Crippen LogP contribution in [0.5, 0.6) is 5.75 Å². The van der Waals surface area contributed by atoms with Crippen LogP contribution in [-0.4, -0.2) is 56.4 Å². The van der Waals surface area contributed by atoms with Crippen molar-refractivity contribution in [3.8, 4) is 5.75 Å². The van der Waals surface area contributed by atoms with E-state index in [1.807, 2.05) is 13.0 Å². The molecule has 1 aliphatic rings.